The molecule has 0 aliphatic heterocycles. The lowest BCUT2D eigenvalue weighted by Crippen LogP contribution is -2.20. The molecular weight excluding hydrogens is 391 g/mol. The van der Waals surface area contributed by atoms with E-state index >= 15 is 0 Å². The smallest absolute Gasteiger partial charge is 0.417 e. The topological polar surface area (TPSA) is 77.8 Å². The van der Waals surface area contributed by atoms with Gasteiger partial charge in [0, 0.05) is 23.2 Å². The minimum Gasteiger partial charge on any atom is -0.494 e. The molecule has 0 aliphatic rings. The maximum absolute atomic E-state index is 13.1. The highest BCUT2D eigenvalue weighted by Gasteiger charge is 2.33. The van der Waals surface area contributed by atoms with E-state index in [9.17, 15) is 22.8 Å². The largest absolute Gasteiger partial charge is 0.494 e. The van der Waals surface area contributed by atoms with Crippen LogP contribution in [0.15, 0.2) is 57.7 Å². The standard InChI is InChI=1S/C20H16F3NO5/c1-2-27-13-5-3-12(4-6-13)24-18(25)11-28-14-7-8-15-16(20(21,22)23)10-19(26)29-17(15)9-14/h3-10H,2,11H2,1H3,(H,24,25). The second-order valence-corrected chi connectivity index (χ2v) is 5.93. The average molecular weight is 407 g/mol. The fourth-order valence-corrected chi connectivity index (χ4v) is 2.61. The number of ether oxygens (including phenoxy) is 2. The summed E-state index contributed by atoms with van der Waals surface area (Å²) in [5.41, 5.74) is -1.98. The van der Waals surface area contributed by atoms with Crippen LogP contribution in [-0.2, 0) is 11.0 Å². The van der Waals surface area contributed by atoms with Crippen LogP contribution in [0.2, 0.25) is 0 Å². The van der Waals surface area contributed by atoms with Crippen LogP contribution in [0.3, 0.4) is 0 Å². The maximum atomic E-state index is 13.1. The molecule has 0 saturated heterocycles. The van der Waals surface area contributed by atoms with Gasteiger partial charge in [-0.3, -0.25) is 4.79 Å². The van der Waals surface area contributed by atoms with Gasteiger partial charge in [0.1, 0.15) is 17.1 Å². The maximum Gasteiger partial charge on any atom is 0.417 e. The van der Waals surface area contributed by atoms with Crippen molar-refractivity contribution in [2.45, 2.75) is 13.1 Å². The summed E-state index contributed by atoms with van der Waals surface area (Å²) in [4.78, 5) is 23.4. The Morgan fingerprint density at radius 2 is 1.72 bits per heavy atom. The third kappa shape index (κ3) is 5.07. The Morgan fingerprint density at radius 3 is 2.38 bits per heavy atom. The molecule has 152 valence electrons. The van der Waals surface area contributed by atoms with Crippen molar-refractivity contribution in [3.05, 3.63) is 64.5 Å². The monoisotopic (exact) mass is 407 g/mol. The Labute approximate surface area is 162 Å². The number of benzene rings is 2. The predicted octanol–water partition coefficient (Wildman–Crippen LogP) is 4.23. The first-order valence-electron chi connectivity index (χ1n) is 8.57. The zero-order valence-corrected chi connectivity index (χ0v) is 15.2. The first-order valence-corrected chi connectivity index (χ1v) is 8.57. The van der Waals surface area contributed by atoms with E-state index in [4.69, 9.17) is 13.9 Å². The van der Waals surface area contributed by atoms with E-state index < -0.39 is 23.3 Å². The Bertz CT molecular complexity index is 1070. The molecule has 1 aromatic heterocycles. The van der Waals surface area contributed by atoms with E-state index in [1.54, 1.807) is 24.3 Å². The average Bonchev–Trinajstić information content (AvgIpc) is 2.66. The number of anilines is 1. The van der Waals surface area contributed by atoms with Crippen LogP contribution >= 0.6 is 0 Å². The number of carbonyl (C=O) groups is 1. The van der Waals surface area contributed by atoms with Gasteiger partial charge in [0.15, 0.2) is 6.61 Å². The molecule has 6 nitrogen and oxygen atoms in total. The molecule has 0 fully saturated rings. The van der Waals surface area contributed by atoms with Crippen LogP contribution in [0.25, 0.3) is 11.0 Å². The summed E-state index contributed by atoms with van der Waals surface area (Å²) in [6.45, 7) is 1.99. The number of hydrogen-bond donors (Lipinski definition) is 1. The summed E-state index contributed by atoms with van der Waals surface area (Å²) in [5.74, 6) is 0.277. The molecule has 0 aliphatic carbocycles. The van der Waals surface area contributed by atoms with Crippen molar-refractivity contribution >= 4 is 22.6 Å². The molecule has 1 heterocycles. The molecule has 0 radical (unpaired) electrons. The van der Waals surface area contributed by atoms with Crippen LogP contribution in [-0.4, -0.2) is 19.1 Å². The van der Waals surface area contributed by atoms with Crippen molar-refractivity contribution in [3.8, 4) is 11.5 Å². The molecule has 0 spiro atoms. The first kappa shape index (κ1) is 20.2. The summed E-state index contributed by atoms with van der Waals surface area (Å²) >= 11 is 0. The van der Waals surface area contributed by atoms with Crippen molar-refractivity contribution < 1.29 is 31.9 Å². The highest BCUT2D eigenvalue weighted by molar-refractivity contribution is 5.92. The van der Waals surface area contributed by atoms with Crippen molar-refractivity contribution in [1.82, 2.24) is 0 Å². The molecule has 0 atom stereocenters. The number of carbonyl (C=O) groups excluding carboxylic acids is 1. The van der Waals surface area contributed by atoms with E-state index in [-0.39, 0.29) is 23.3 Å². The van der Waals surface area contributed by atoms with Gasteiger partial charge >= 0.3 is 11.8 Å². The number of halogens is 3. The summed E-state index contributed by atoms with van der Waals surface area (Å²) in [6.07, 6.45) is -4.70. The first-order chi connectivity index (χ1) is 13.8. The summed E-state index contributed by atoms with van der Waals surface area (Å²) in [6, 6.07) is 10.6. The van der Waals surface area contributed by atoms with Gasteiger partial charge in [-0.05, 0) is 43.3 Å². The van der Waals surface area contributed by atoms with Gasteiger partial charge in [-0.2, -0.15) is 13.2 Å². The highest BCUT2D eigenvalue weighted by atomic mass is 19.4. The van der Waals surface area contributed by atoms with Gasteiger partial charge in [-0.25, -0.2) is 4.79 Å². The third-order valence-corrected chi connectivity index (χ3v) is 3.84. The number of alkyl halides is 3. The van der Waals surface area contributed by atoms with E-state index in [1.165, 1.54) is 6.07 Å². The number of rotatable bonds is 6. The molecule has 0 saturated carbocycles. The van der Waals surface area contributed by atoms with E-state index in [2.05, 4.69) is 5.32 Å². The molecule has 9 heteroatoms. The van der Waals surface area contributed by atoms with Gasteiger partial charge in [0.05, 0.1) is 12.2 Å². The number of fused-ring (bicyclic) bond motifs is 1. The quantitative estimate of drug-likeness (QED) is 0.619. The molecule has 3 rings (SSSR count). The van der Waals surface area contributed by atoms with Crippen molar-refractivity contribution in [3.63, 3.8) is 0 Å². The Hall–Kier alpha value is -3.49. The SMILES string of the molecule is CCOc1ccc(NC(=O)COc2ccc3c(C(F)(F)F)cc(=O)oc3c2)cc1. The van der Waals surface area contributed by atoms with Gasteiger partial charge in [-0.1, -0.05) is 0 Å². The predicted molar refractivity (Wildman–Crippen MR) is 99.2 cm³/mol. The van der Waals surface area contributed by atoms with Crippen LogP contribution in [0.5, 0.6) is 11.5 Å². The lowest BCUT2D eigenvalue weighted by molar-refractivity contribution is -0.136. The van der Waals surface area contributed by atoms with E-state index in [1.807, 2.05) is 6.92 Å². The number of amides is 1. The fraction of sp³-hybridized carbons (Fsp3) is 0.200. The number of nitrogens with one attached hydrogen (secondary N) is 1. The summed E-state index contributed by atoms with van der Waals surface area (Å²) in [7, 11) is 0. The highest BCUT2D eigenvalue weighted by Crippen LogP contribution is 2.34. The van der Waals surface area contributed by atoms with Gasteiger partial charge in [0.25, 0.3) is 5.91 Å². The van der Waals surface area contributed by atoms with Crippen LogP contribution in [0, 0.1) is 0 Å². The molecule has 29 heavy (non-hydrogen) atoms. The summed E-state index contributed by atoms with van der Waals surface area (Å²) in [5, 5.41) is 2.34. The Morgan fingerprint density at radius 1 is 1.03 bits per heavy atom. The minimum atomic E-state index is -4.70. The molecular formula is C20H16F3NO5. The normalized spacial score (nSPS) is 11.3. The van der Waals surface area contributed by atoms with Crippen molar-refractivity contribution in [2.24, 2.45) is 0 Å². The van der Waals surface area contributed by atoms with E-state index in [0.29, 0.717) is 24.1 Å². The third-order valence-electron chi connectivity index (χ3n) is 3.84. The Kier molecular flexibility index (Phi) is 5.76. The van der Waals surface area contributed by atoms with Crippen LogP contribution in [0.4, 0.5) is 18.9 Å². The van der Waals surface area contributed by atoms with Crippen LogP contribution in [0.1, 0.15) is 12.5 Å². The molecule has 2 aromatic carbocycles. The van der Waals surface area contributed by atoms with Crippen molar-refractivity contribution in [2.75, 3.05) is 18.5 Å². The molecule has 3 aromatic rings. The zero-order valence-electron chi connectivity index (χ0n) is 15.2. The molecule has 0 unspecified atom stereocenters. The van der Waals surface area contributed by atoms with Gasteiger partial charge in [-0.15, -0.1) is 0 Å². The van der Waals surface area contributed by atoms with Crippen LogP contribution < -0.4 is 20.4 Å². The summed E-state index contributed by atoms with van der Waals surface area (Å²) < 4.78 is 54.6. The lowest BCUT2D eigenvalue weighted by Gasteiger charge is -2.11. The number of hydrogen-bond acceptors (Lipinski definition) is 5. The van der Waals surface area contributed by atoms with Crippen molar-refractivity contribution in [1.29, 1.82) is 0 Å². The molecule has 0 bridgehead atoms. The second kappa shape index (κ2) is 8.26. The zero-order chi connectivity index (χ0) is 21.0. The Balaban J connectivity index is 1.69. The van der Waals surface area contributed by atoms with Gasteiger partial charge < -0.3 is 19.2 Å². The minimum absolute atomic E-state index is 0.0850. The van der Waals surface area contributed by atoms with E-state index in [0.717, 1.165) is 12.1 Å². The molecule has 1 N–H and O–H groups in total. The van der Waals surface area contributed by atoms with Gasteiger partial charge in [0.2, 0.25) is 0 Å². The fourth-order valence-electron chi connectivity index (χ4n) is 2.61. The second-order valence-electron chi connectivity index (χ2n) is 5.93. The lowest BCUT2D eigenvalue weighted by atomic mass is 10.1. The molecule has 1 amide bonds.